The van der Waals surface area contributed by atoms with Gasteiger partial charge in [0.05, 0.1) is 6.54 Å². The third-order valence-electron chi connectivity index (χ3n) is 5.74. The van der Waals surface area contributed by atoms with Gasteiger partial charge in [-0.1, -0.05) is 11.6 Å². The van der Waals surface area contributed by atoms with E-state index < -0.39 is 0 Å². The number of carbonyl (C=O) groups excluding carboxylic acids is 1. The van der Waals surface area contributed by atoms with E-state index in [1.165, 1.54) is 38.5 Å². The molecule has 0 aliphatic heterocycles. The van der Waals surface area contributed by atoms with E-state index in [0.29, 0.717) is 11.6 Å². The molecule has 0 heterocycles. The lowest BCUT2D eigenvalue weighted by molar-refractivity contribution is -0.125. The first-order chi connectivity index (χ1) is 10.6. The second kappa shape index (κ2) is 5.45. The van der Waals surface area contributed by atoms with Crippen LogP contribution in [0.15, 0.2) is 24.3 Å². The Morgan fingerprint density at radius 3 is 2.14 bits per heavy atom. The van der Waals surface area contributed by atoms with Gasteiger partial charge in [0.25, 0.3) is 0 Å². The minimum Gasteiger partial charge on any atom is -0.376 e. The van der Waals surface area contributed by atoms with E-state index in [0.717, 1.165) is 23.4 Å². The standard InChI is InChI=1S/C18H23ClN2O/c19-15-1-3-16(4-2-15)20-11-17(22)21-18-8-12-5-13(9-18)7-14(6-12)10-18/h1-4,12-14,20H,5-11H2,(H,21,22). The van der Waals surface area contributed by atoms with Crippen LogP contribution in [-0.4, -0.2) is 18.0 Å². The second-order valence-electron chi connectivity index (χ2n) is 7.61. The summed E-state index contributed by atoms with van der Waals surface area (Å²) in [6.07, 6.45) is 7.80. The molecule has 1 aromatic carbocycles. The van der Waals surface area contributed by atoms with Gasteiger partial charge >= 0.3 is 0 Å². The zero-order valence-corrected chi connectivity index (χ0v) is 13.5. The average molecular weight is 319 g/mol. The molecule has 4 saturated carbocycles. The van der Waals surface area contributed by atoms with Gasteiger partial charge in [-0.05, 0) is 80.5 Å². The minimum atomic E-state index is 0.105. The van der Waals surface area contributed by atoms with Gasteiger partial charge in [0, 0.05) is 16.2 Å². The molecule has 0 spiro atoms. The number of rotatable bonds is 4. The quantitative estimate of drug-likeness (QED) is 0.885. The van der Waals surface area contributed by atoms with Crippen molar-refractivity contribution in [1.82, 2.24) is 5.32 Å². The lowest BCUT2D eigenvalue weighted by atomic mass is 9.53. The molecule has 5 rings (SSSR count). The molecule has 4 aliphatic carbocycles. The third-order valence-corrected chi connectivity index (χ3v) is 5.99. The van der Waals surface area contributed by atoms with Crippen molar-refractivity contribution in [3.8, 4) is 0 Å². The molecule has 4 heteroatoms. The molecule has 4 bridgehead atoms. The van der Waals surface area contributed by atoms with Crippen molar-refractivity contribution in [3.05, 3.63) is 29.3 Å². The molecular formula is C18H23ClN2O. The van der Waals surface area contributed by atoms with Crippen molar-refractivity contribution < 1.29 is 4.79 Å². The fraction of sp³-hybridized carbons (Fsp3) is 0.611. The first-order valence-corrected chi connectivity index (χ1v) is 8.78. The van der Waals surface area contributed by atoms with E-state index in [2.05, 4.69) is 10.6 Å². The number of amides is 1. The minimum absolute atomic E-state index is 0.105. The molecule has 1 aromatic rings. The Balaban J connectivity index is 1.35. The van der Waals surface area contributed by atoms with Gasteiger partial charge in [-0.3, -0.25) is 4.79 Å². The monoisotopic (exact) mass is 318 g/mol. The van der Waals surface area contributed by atoms with Crippen molar-refractivity contribution in [2.24, 2.45) is 17.8 Å². The van der Waals surface area contributed by atoms with E-state index in [4.69, 9.17) is 11.6 Å². The fourth-order valence-electron chi connectivity index (χ4n) is 5.35. The van der Waals surface area contributed by atoms with Crippen LogP contribution in [0.2, 0.25) is 5.02 Å². The van der Waals surface area contributed by atoms with Gasteiger partial charge in [-0.25, -0.2) is 0 Å². The zero-order valence-electron chi connectivity index (χ0n) is 12.8. The van der Waals surface area contributed by atoms with Crippen LogP contribution < -0.4 is 10.6 Å². The zero-order chi connectivity index (χ0) is 15.2. The Morgan fingerprint density at radius 2 is 1.59 bits per heavy atom. The van der Waals surface area contributed by atoms with Gasteiger partial charge in [0.2, 0.25) is 5.91 Å². The highest BCUT2D eigenvalue weighted by Crippen LogP contribution is 2.55. The summed E-state index contributed by atoms with van der Waals surface area (Å²) in [5.41, 5.74) is 1.04. The maximum absolute atomic E-state index is 12.4. The summed E-state index contributed by atoms with van der Waals surface area (Å²) in [5, 5.41) is 7.27. The Labute approximate surface area is 136 Å². The molecule has 4 fully saturated rings. The number of benzene rings is 1. The molecule has 0 saturated heterocycles. The lowest BCUT2D eigenvalue weighted by Crippen LogP contribution is -2.60. The second-order valence-corrected chi connectivity index (χ2v) is 8.04. The van der Waals surface area contributed by atoms with Gasteiger partial charge in [-0.15, -0.1) is 0 Å². The summed E-state index contributed by atoms with van der Waals surface area (Å²) < 4.78 is 0. The summed E-state index contributed by atoms with van der Waals surface area (Å²) in [5.74, 6) is 2.69. The Hall–Kier alpha value is -1.22. The van der Waals surface area contributed by atoms with Crippen LogP contribution in [0.4, 0.5) is 5.69 Å². The molecule has 4 aliphatic rings. The Bertz CT molecular complexity index is 534. The topological polar surface area (TPSA) is 41.1 Å². The van der Waals surface area contributed by atoms with Crippen LogP contribution in [0.3, 0.4) is 0 Å². The first kappa shape index (κ1) is 14.4. The summed E-state index contributed by atoms with van der Waals surface area (Å²) >= 11 is 5.87. The van der Waals surface area contributed by atoms with Crippen LogP contribution in [0.25, 0.3) is 0 Å². The average Bonchev–Trinajstić information content (AvgIpc) is 2.44. The summed E-state index contributed by atoms with van der Waals surface area (Å²) in [6, 6.07) is 7.47. The summed E-state index contributed by atoms with van der Waals surface area (Å²) in [4.78, 5) is 12.4. The summed E-state index contributed by atoms with van der Waals surface area (Å²) in [7, 11) is 0. The highest BCUT2D eigenvalue weighted by atomic mass is 35.5. The van der Waals surface area contributed by atoms with Crippen molar-refractivity contribution in [1.29, 1.82) is 0 Å². The number of halogens is 1. The number of hydrogen-bond donors (Lipinski definition) is 2. The van der Waals surface area contributed by atoms with Crippen LogP contribution >= 0.6 is 11.6 Å². The van der Waals surface area contributed by atoms with Crippen LogP contribution in [0, 0.1) is 17.8 Å². The Kier molecular flexibility index (Phi) is 3.56. The number of nitrogens with one attached hydrogen (secondary N) is 2. The van der Waals surface area contributed by atoms with E-state index in [-0.39, 0.29) is 11.4 Å². The van der Waals surface area contributed by atoms with Gasteiger partial charge in [-0.2, -0.15) is 0 Å². The molecule has 0 aromatic heterocycles. The number of anilines is 1. The highest BCUT2D eigenvalue weighted by molar-refractivity contribution is 6.30. The third kappa shape index (κ3) is 2.83. The molecule has 22 heavy (non-hydrogen) atoms. The number of hydrogen-bond acceptors (Lipinski definition) is 2. The van der Waals surface area contributed by atoms with Crippen LogP contribution in [-0.2, 0) is 4.79 Å². The molecule has 2 N–H and O–H groups in total. The van der Waals surface area contributed by atoms with Crippen molar-refractivity contribution in [2.75, 3.05) is 11.9 Å². The van der Waals surface area contributed by atoms with E-state index >= 15 is 0 Å². The van der Waals surface area contributed by atoms with Gasteiger partial charge in [0.1, 0.15) is 0 Å². The Morgan fingerprint density at radius 1 is 1.05 bits per heavy atom. The predicted molar refractivity (Wildman–Crippen MR) is 89.0 cm³/mol. The maximum atomic E-state index is 12.4. The van der Waals surface area contributed by atoms with Gasteiger partial charge in [0.15, 0.2) is 0 Å². The first-order valence-electron chi connectivity index (χ1n) is 8.41. The predicted octanol–water partition coefficient (Wildman–Crippen LogP) is 3.84. The largest absolute Gasteiger partial charge is 0.376 e. The van der Waals surface area contributed by atoms with E-state index in [1.54, 1.807) is 0 Å². The lowest BCUT2D eigenvalue weighted by Gasteiger charge is -2.56. The maximum Gasteiger partial charge on any atom is 0.239 e. The van der Waals surface area contributed by atoms with Crippen LogP contribution in [0.1, 0.15) is 38.5 Å². The van der Waals surface area contributed by atoms with Gasteiger partial charge < -0.3 is 10.6 Å². The van der Waals surface area contributed by atoms with Crippen molar-refractivity contribution >= 4 is 23.2 Å². The molecular weight excluding hydrogens is 296 g/mol. The molecule has 0 radical (unpaired) electrons. The highest BCUT2D eigenvalue weighted by Gasteiger charge is 2.51. The SMILES string of the molecule is O=C(CNc1ccc(Cl)cc1)NC12CC3CC(CC(C3)C1)C2. The van der Waals surface area contributed by atoms with E-state index in [9.17, 15) is 4.79 Å². The van der Waals surface area contributed by atoms with Crippen molar-refractivity contribution in [2.45, 2.75) is 44.1 Å². The van der Waals surface area contributed by atoms with Crippen molar-refractivity contribution in [3.63, 3.8) is 0 Å². The summed E-state index contributed by atoms with van der Waals surface area (Å²) in [6.45, 7) is 0.337. The molecule has 0 unspecified atom stereocenters. The molecule has 1 amide bonds. The molecule has 0 atom stereocenters. The fourth-order valence-corrected chi connectivity index (χ4v) is 5.48. The van der Waals surface area contributed by atoms with E-state index in [1.807, 2.05) is 24.3 Å². The number of carbonyl (C=O) groups is 1. The smallest absolute Gasteiger partial charge is 0.239 e. The molecule has 3 nitrogen and oxygen atoms in total. The van der Waals surface area contributed by atoms with Crippen LogP contribution in [0.5, 0.6) is 0 Å². The normalized spacial score (nSPS) is 35.4. The molecule has 118 valence electrons.